The fourth-order valence-electron chi connectivity index (χ4n) is 4.25. The van der Waals surface area contributed by atoms with Gasteiger partial charge in [-0.1, -0.05) is 56.2 Å². The van der Waals surface area contributed by atoms with Crippen molar-refractivity contribution < 1.29 is 13.5 Å². The van der Waals surface area contributed by atoms with Crippen LogP contribution in [0.25, 0.3) is 0 Å². The highest BCUT2D eigenvalue weighted by Gasteiger charge is 2.30. The normalized spacial score (nSPS) is 19.7. The largest absolute Gasteiger partial charge is 0.360 e. The minimum atomic E-state index is -3.25. The van der Waals surface area contributed by atoms with Gasteiger partial charge in [-0.2, -0.15) is 14.0 Å². The van der Waals surface area contributed by atoms with Crippen LogP contribution >= 0.6 is 0 Å². The lowest BCUT2D eigenvalue weighted by Gasteiger charge is -2.28. The summed E-state index contributed by atoms with van der Waals surface area (Å²) in [5, 5.41) is 8.78. The van der Waals surface area contributed by atoms with E-state index in [4.69, 9.17) is 10.00 Å². The molecule has 0 aromatic heterocycles. The quantitative estimate of drug-likeness (QED) is 0.481. The van der Waals surface area contributed by atoms with Gasteiger partial charge in [-0.25, -0.2) is 0 Å². The average molecular weight is 398 g/mol. The maximum atomic E-state index is 14.2. The van der Waals surface area contributed by atoms with Crippen LogP contribution in [0.15, 0.2) is 48.5 Å². The van der Waals surface area contributed by atoms with Crippen molar-refractivity contribution >= 4 is 0 Å². The standard InChI is InChI=1S/C25H29F2NO/c1-2-3-19-8-12-23(13-9-19)24-14-10-22(11-15-24)18-29-25(26,27)16-20-4-6-21(17-28)7-5-20/h4-7,10-11,14-15,19,23H,2-3,8-9,12-13,16,18H2,1H3. The first-order valence-electron chi connectivity index (χ1n) is 10.6. The molecule has 0 unspecified atom stereocenters. The SMILES string of the molecule is CCCC1CCC(c2ccc(COC(F)(F)Cc3ccc(C#N)cc3)cc2)CC1. The van der Waals surface area contributed by atoms with Crippen LogP contribution in [0, 0.1) is 17.2 Å². The molecule has 0 amide bonds. The fraction of sp³-hybridized carbons (Fsp3) is 0.480. The predicted molar refractivity (Wildman–Crippen MR) is 111 cm³/mol. The lowest BCUT2D eigenvalue weighted by atomic mass is 9.77. The van der Waals surface area contributed by atoms with Gasteiger partial charge in [-0.15, -0.1) is 0 Å². The first kappa shape index (κ1) is 21.5. The second-order valence-electron chi connectivity index (χ2n) is 8.16. The van der Waals surface area contributed by atoms with Gasteiger partial charge in [0.15, 0.2) is 0 Å². The molecular weight excluding hydrogens is 368 g/mol. The highest BCUT2D eigenvalue weighted by molar-refractivity contribution is 5.32. The van der Waals surface area contributed by atoms with E-state index in [1.807, 2.05) is 18.2 Å². The Hall–Kier alpha value is -2.25. The van der Waals surface area contributed by atoms with Crippen molar-refractivity contribution in [2.24, 2.45) is 5.92 Å². The molecule has 2 aromatic carbocycles. The first-order chi connectivity index (χ1) is 14.0. The van der Waals surface area contributed by atoms with Crippen LogP contribution < -0.4 is 0 Å². The van der Waals surface area contributed by atoms with E-state index in [0.29, 0.717) is 17.0 Å². The second-order valence-corrected chi connectivity index (χ2v) is 8.16. The van der Waals surface area contributed by atoms with Crippen LogP contribution in [-0.2, 0) is 17.8 Å². The summed E-state index contributed by atoms with van der Waals surface area (Å²) in [6.45, 7) is 2.13. The molecule has 3 rings (SSSR count). The van der Waals surface area contributed by atoms with Crippen molar-refractivity contribution in [1.82, 2.24) is 0 Å². The zero-order valence-corrected chi connectivity index (χ0v) is 17.0. The molecule has 0 saturated heterocycles. The predicted octanol–water partition coefficient (Wildman–Crippen LogP) is 6.98. The molecule has 154 valence electrons. The molecule has 1 fully saturated rings. The summed E-state index contributed by atoms with van der Waals surface area (Å²) in [5.41, 5.74) is 2.97. The number of nitrogens with zero attached hydrogens (tertiary/aromatic N) is 1. The Labute approximate surface area is 172 Å². The van der Waals surface area contributed by atoms with Crippen LogP contribution in [0.2, 0.25) is 0 Å². The Bertz CT molecular complexity index is 800. The third-order valence-electron chi connectivity index (χ3n) is 5.94. The zero-order valence-electron chi connectivity index (χ0n) is 17.0. The average Bonchev–Trinajstić information content (AvgIpc) is 2.74. The smallest absolute Gasteiger partial charge is 0.315 e. The number of alkyl halides is 2. The van der Waals surface area contributed by atoms with Gasteiger partial charge in [0, 0.05) is 0 Å². The first-order valence-corrected chi connectivity index (χ1v) is 10.6. The number of hydrogen-bond donors (Lipinski definition) is 0. The van der Waals surface area contributed by atoms with Crippen LogP contribution in [0.3, 0.4) is 0 Å². The van der Waals surface area contributed by atoms with Crippen molar-refractivity contribution in [2.45, 2.75) is 70.5 Å². The van der Waals surface area contributed by atoms with E-state index < -0.39 is 12.5 Å². The maximum Gasteiger partial charge on any atom is 0.360 e. The molecular formula is C25H29F2NO. The third-order valence-corrected chi connectivity index (χ3v) is 5.94. The number of nitriles is 1. The summed E-state index contributed by atoms with van der Waals surface area (Å²) in [7, 11) is 0. The van der Waals surface area contributed by atoms with Crippen molar-refractivity contribution in [1.29, 1.82) is 5.26 Å². The van der Waals surface area contributed by atoms with Crippen LogP contribution in [0.5, 0.6) is 0 Å². The number of benzene rings is 2. The highest BCUT2D eigenvalue weighted by Crippen LogP contribution is 2.37. The van der Waals surface area contributed by atoms with Gasteiger partial charge < -0.3 is 4.74 Å². The summed E-state index contributed by atoms with van der Waals surface area (Å²) < 4.78 is 33.2. The van der Waals surface area contributed by atoms with Crippen molar-refractivity contribution in [3.63, 3.8) is 0 Å². The molecule has 0 radical (unpaired) electrons. The minimum absolute atomic E-state index is 0.118. The third kappa shape index (κ3) is 6.37. The van der Waals surface area contributed by atoms with Crippen LogP contribution in [0.1, 0.15) is 73.6 Å². The van der Waals surface area contributed by atoms with E-state index in [2.05, 4.69) is 19.1 Å². The Morgan fingerprint density at radius 1 is 0.966 bits per heavy atom. The van der Waals surface area contributed by atoms with Gasteiger partial charge in [-0.05, 0) is 66.3 Å². The maximum absolute atomic E-state index is 14.2. The van der Waals surface area contributed by atoms with Crippen LogP contribution in [-0.4, -0.2) is 6.11 Å². The zero-order chi connectivity index (χ0) is 20.7. The van der Waals surface area contributed by atoms with Crippen molar-refractivity contribution in [2.75, 3.05) is 0 Å². The Balaban J connectivity index is 1.49. The molecule has 4 heteroatoms. The number of ether oxygens (including phenoxy) is 1. The Morgan fingerprint density at radius 2 is 1.59 bits per heavy atom. The van der Waals surface area contributed by atoms with E-state index in [1.54, 1.807) is 24.3 Å². The molecule has 0 bridgehead atoms. The van der Waals surface area contributed by atoms with E-state index in [0.717, 1.165) is 11.5 Å². The van der Waals surface area contributed by atoms with Gasteiger partial charge in [-0.3, -0.25) is 0 Å². The number of hydrogen-bond acceptors (Lipinski definition) is 2. The topological polar surface area (TPSA) is 33.0 Å². The molecule has 1 saturated carbocycles. The summed E-state index contributed by atoms with van der Waals surface area (Å²) in [4.78, 5) is 0. The van der Waals surface area contributed by atoms with Crippen molar-refractivity contribution in [3.8, 4) is 6.07 Å². The molecule has 29 heavy (non-hydrogen) atoms. The number of halogens is 2. The van der Waals surface area contributed by atoms with E-state index >= 15 is 0 Å². The molecule has 0 spiro atoms. The highest BCUT2D eigenvalue weighted by atomic mass is 19.3. The van der Waals surface area contributed by atoms with E-state index in [1.165, 1.54) is 44.1 Å². The van der Waals surface area contributed by atoms with Gasteiger partial charge >= 0.3 is 6.11 Å². The summed E-state index contributed by atoms with van der Waals surface area (Å²) in [5.74, 6) is 1.47. The minimum Gasteiger partial charge on any atom is -0.315 e. The Kier molecular flexibility index (Phi) is 7.39. The summed E-state index contributed by atoms with van der Waals surface area (Å²) in [6, 6.07) is 16.1. The Morgan fingerprint density at radius 3 is 2.17 bits per heavy atom. The molecule has 2 aromatic rings. The molecule has 0 aliphatic heterocycles. The van der Waals surface area contributed by atoms with Gasteiger partial charge in [0.25, 0.3) is 0 Å². The fourth-order valence-corrected chi connectivity index (χ4v) is 4.25. The van der Waals surface area contributed by atoms with Gasteiger partial charge in [0.1, 0.15) is 0 Å². The van der Waals surface area contributed by atoms with E-state index in [9.17, 15) is 8.78 Å². The molecule has 2 nitrogen and oxygen atoms in total. The molecule has 0 N–H and O–H groups in total. The summed E-state index contributed by atoms with van der Waals surface area (Å²) >= 11 is 0. The summed E-state index contributed by atoms with van der Waals surface area (Å²) in [6.07, 6.45) is 3.89. The van der Waals surface area contributed by atoms with E-state index in [-0.39, 0.29) is 6.61 Å². The molecule has 0 heterocycles. The lowest BCUT2D eigenvalue weighted by Crippen LogP contribution is -2.23. The molecule has 1 aliphatic rings. The van der Waals surface area contributed by atoms with Crippen molar-refractivity contribution in [3.05, 3.63) is 70.8 Å². The lowest BCUT2D eigenvalue weighted by molar-refractivity contribution is -0.244. The van der Waals surface area contributed by atoms with Gasteiger partial charge in [0.2, 0.25) is 0 Å². The molecule has 1 aliphatic carbocycles. The number of rotatable bonds is 8. The van der Waals surface area contributed by atoms with Gasteiger partial charge in [0.05, 0.1) is 24.7 Å². The molecule has 0 atom stereocenters. The second kappa shape index (κ2) is 9.98. The van der Waals surface area contributed by atoms with Crippen LogP contribution in [0.4, 0.5) is 8.78 Å². The monoisotopic (exact) mass is 397 g/mol.